The summed E-state index contributed by atoms with van der Waals surface area (Å²) in [4.78, 5) is 15.6. The number of nitrogens with one attached hydrogen (secondary N) is 1. The van der Waals surface area contributed by atoms with Gasteiger partial charge in [0.25, 0.3) is 5.91 Å². The Morgan fingerprint density at radius 1 is 1.71 bits per heavy atom. The highest BCUT2D eigenvalue weighted by Crippen LogP contribution is 2.14. The van der Waals surface area contributed by atoms with Gasteiger partial charge in [-0.25, -0.2) is 0 Å². The number of pyridine rings is 1. The van der Waals surface area contributed by atoms with E-state index in [4.69, 9.17) is 11.6 Å². The standard InChI is InChI=1S/C11H15ClN2O2S/c1-11(16,7-17-2)6-14-10(15)8-5-13-4-3-9(8)12/h3-5,16H,6-7H2,1-2H3,(H,14,15). The minimum atomic E-state index is -0.927. The molecule has 0 aliphatic carbocycles. The number of hydrogen-bond donors (Lipinski definition) is 2. The molecule has 0 aromatic carbocycles. The summed E-state index contributed by atoms with van der Waals surface area (Å²) in [6.07, 6.45) is 4.82. The first kappa shape index (κ1) is 14.3. The van der Waals surface area contributed by atoms with Crippen LogP contribution in [0.2, 0.25) is 5.02 Å². The third kappa shape index (κ3) is 4.53. The maximum atomic E-state index is 11.8. The van der Waals surface area contributed by atoms with Crippen LogP contribution >= 0.6 is 23.4 Å². The average molecular weight is 275 g/mol. The predicted octanol–water partition coefficient (Wildman–Crippen LogP) is 1.58. The second-order valence-corrected chi connectivity index (χ2v) is 5.24. The molecule has 0 aliphatic rings. The molecule has 1 atom stereocenters. The smallest absolute Gasteiger partial charge is 0.254 e. The summed E-state index contributed by atoms with van der Waals surface area (Å²) in [5.74, 6) is 0.220. The predicted molar refractivity (Wildman–Crippen MR) is 70.6 cm³/mol. The van der Waals surface area contributed by atoms with Gasteiger partial charge in [0.2, 0.25) is 0 Å². The Bertz CT molecular complexity index is 399. The zero-order chi connectivity index (χ0) is 12.9. The lowest BCUT2D eigenvalue weighted by Gasteiger charge is -2.22. The van der Waals surface area contributed by atoms with Gasteiger partial charge < -0.3 is 10.4 Å². The van der Waals surface area contributed by atoms with E-state index in [1.165, 1.54) is 24.2 Å². The van der Waals surface area contributed by atoms with Crippen molar-refractivity contribution >= 4 is 29.3 Å². The highest BCUT2D eigenvalue weighted by atomic mass is 35.5. The van der Waals surface area contributed by atoms with Gasteiger partial charge in [-0.1, -0.05) is 11.6 Å². The van der Waals surface area contributed by atoms with Crippen molar-refractivity contribution in [2.45, 2.75) is 12.5 Å². The van der Waals surface area contributed by atoms with Crippen molar-refractivity contribution in [3.05, 3.63) is 29.0 Å². The Labute approximate surface area is 110 Å². The highest BCUT2D eigenvalue weighted by molar-refractivity contribution is 7.98. The van der Waals surface area contributed by atoms with Crippen molar-refractivity contribution in [1.29, 1.82) is 0 Å². The van der Waals surface area contributed by atoms with Crippen molar-refractivity contribution in [2.24, 2.45) is 0 Å². The van der Waals surface area contributed by atoms with Crippen LogP contribution in [0.4, 0.5) is 0 Å². The summed E-state index contributed by atoms with van der Waals surface area (Å²) < 4.78 is 0. The number of amides is 1. The zero-order valence-corrected chi connectivity index (χ0v) is 11.3. The normalized spacial score (nSPS) is 14.1. The molecule has 0 radical (unpaired) electrons. The van der Waals surface area contributed by atoms with Crippen LogP contribution in [0.3, 0.4) is 0 Å². The lowest BCUT2D eigenvalue weighted by atomic mass is 10.1. The van der Waals surface area contributed by atoms with Crippen molar-refractivity contribution in [1.82, 2.24) is 10.3 Å². The van der Waals surface area contributed by atoms with Gasteiger partial charge in [0, 0.05) is 24.7 Å². The summed E-state index contributed by atoms with van der Waals surface area (Å²) in [7, 11) is 0. The number of aromatic nitrogens is 1. The summed E-state index contributed by atoms with van der Waals surface area (Å²) in [5, 5.41) is 12.9. The van der Waals surface area contributed by atoms with E-state index in [1.807, 2.05) is 6.26 Å². The Kier molecular flexibility index (Phi) is 5.24. The molecule has 1 rings (SSSR count). The van der Waals surface area contributed by atoms with E-state index < -0.39 is 5.60 Å². The van der Waals surface area contributed by atoms with Crippen molar-refractivity contribution in [3.8, 4) is 0 Å². The van der Waals surface area contributed by atoms with E-state index in [2.05, 4.69) is 10.3 Å². The second-order valence-electron chi connectivity index (χ2n) is 3.97. The number of hydrogen-bond acceptors (Lipinski definition) is 4. The van der Waals surface area contributed by atoms with Gasteiger partial charge in [0.05, 0.1) is 16.2 Å². The first-order chi connectivity index (χ1) is 7.96. The quantitative estimate of drug-likeness (QED) is 0.856. The fourth-order valence-electron chi connectivity index (χ4n) is 1.27. The molecule has 17 heavy (non-hydrogen) atoms. The molecule has 0 fully saturated rings. The molecule has 0 aliphatic heterocycles. The number of halogens is 1. The van der Waals surface area contributed by atoms with Gasteiger partial charge in [-0.05, 0) is 19.2 Å². The number of rotatable bonds is 5. The summed E-state index contributed by atoms with van der Waals surface area (Å²) in [6.45, 7) is 1.85. The van der Waals surface area contributed by atoms with Crippen LogP contribution in [0.1, 0.15) is 17.3 Å². The van der Waals surface area contributed by atoms with Gasteiger partial charge in [0.15, 0.2) is 0 Å². The van der Waals surface area contributed by atoms with Gasteiger partial charge in [0.1, 0.15) is 0 Å². The molecule has 6 heteroatoms. The Morgan fingerprint density at radius 3 is 3.00 bits per heavy atom. The number of carbonyl (C=O) groups is 1. The highest BCUT2D eigenvalue weighted by Gasteiger charge is 2.21. The molecule has 0 bridgehead atoms. The van der Waals surface area contributed by atoms with Crippen molar-refractivity contribution < 1.29 is 9.90 Å². The SMILES string of the molecule is CSCC(C)(O)CNC(=O)c1cnccc1Cl. The molecule has 1 aromatic heterocycles. The molecule has 1 aromatic rings. The van der Waals surface area contributed by atoms with Crippen LogP contribution < -0.4 is 5.32 Å². The summed E-state index contributed by atoms with van der Waals surface area (Å²) in [5.41, 5.74) is -0.613. The van der Waals surface area contributed by atoms with Crippen LogP contribution in [0.5, 0.6) is 0 Å². The lowest BCUT2D eigenvalue weighted by molar-refractivity contribution is 0.0725. The van der Waals surface area contributed by atoms with Crippen LogP contribution in [0.25, 0.3) is 0 Å². The number of thioether (sulfide) groups is 1. The van der Waals surface area contributed by atoms with Crippen LogP contribution in [0.15, 0.2) is 18.5 Å². The molecule has 4 nitrogen and oxygen atoms in total. The molecule has 0 saturated carbocycles. The zero-order valence-electron chi connectivity index (χ0n) is 9.74. The monoisotopic (exact) mass is 274 g/mol. The van der Waals surface area contributed by atoms with E-state index in [1.54, 1.807) is 13.0 Å². The Balaban J connectivity index is 2.59. The van der Waals surface area contributed by atoms with Gasteiger partial charge >= 0.3 is 0 Å². The maximum Gasteiger partial charge on any atom is 0.254 e. The fourth-order valence-corrected chi connectivity index (χ4v) is 2.19. The van der Waals surface area contributed by atoms with Crippen LogP contribution in [-0.4, -0.2) is 40.2 Å². The lowest BCUT2D eigenvalue weighted by Crippen LogP contribution is -2.42. The van der Waals surface area contributed by atoms with E-state index >= 15 is 0 Å². The van der Waals surface area contributed by atoms with Crippen molar-refractivity contribution in [3.63, 3.8) is 0 Å². The summed E-state index contributed by atoms with van der Waals surface area (Å²) in [6, 6.07) is 1.55. The first-order valence-corrected chi connectivity index (χ1v) is 6.82. The number of nitrogens with zero attached hydrogens (tertiary/aromatic N) is 1. The summed E-state index contributed by atoms with van der Waals surface area (Å²) >= 11 is 7.38. The number of carbonyl (C=O) groups excluding carboxylic acids is 1. The van der Waals surface area contributed by atoms with E-state index in [9.17, 15) is 9.90 Å². The minimum Gasteiger partial charge on any atom is -0.387 e. The van der Waals surface area contributed by atoms with E-state index in [0.29, 0.717) is 16.3 Å². The average Bonchev–Trinajstić information content (AvgIpc) is 2.27. The molecule has 94 valence electrons. The van der Waals surface area contributed by atoms with Gasteiger partial charge in [-0.2, -0.15) is 11.8 Å². The van der Waals surface area contributed by atoms with Gasteiger partial charge in [-0.3, -0.25) is 9.78 Å². The van der Waals surface area contributed by atoms with Crippen LogP contribution in [0, 0.1) is 0 Å². The fraction of sp³-hybridized carbons (Fsp3) is 0.455. The van der Waals surface area contributed by atoms with Crippen molar-refractivity contribution in [2.75, 3.05) is 18.6 Å². The third-order valence-electron chi connectivity index (χ3n) is 2.10. The van der Waals surface area contributed by atoms with E-state index in [0.717, 1.165) is 0 Å². The van der Waals surface area contributed by atoms with E-state index in [-0.39, 0.29) is 12.5 Å². The molecule has 2 N–H and O–H groups in total. The molecular formula is C11H15ClN2O2S. The third-order valence-corrected chi connectivity index (χ3v) is 3.34. The molecule has 1 heterocycles. The maximum absolute atomic E-state index is 11.8. The Morgan fingerprint density at radius 2 is 2.41 bits per heavy atom. The minimum absolute atomic E-state index is 0.178. The Hall–Kier alpha value is -0.780. The van der Waals surface area contributed by atoms with Gasteiger partial charge in [-0.15, -0.1) is 0 Å². The molecular weight excluding hydrogens is 260 g/mol. The molecule has 1 amide bonds. The van der Waals surface area contributed by atoms with Crippen LogP contribution in [-0.2, 0) is 0 Å². The number of aliphatic hydroxyl groups is 1. The largest absolute Gasteiger partial charge is 0.387 e. The molecule has 0 spiro atoms. The topological polar surface area (TPSA) is 62.2 Å². The second kappa shape index (κ2) is 6.23. The molecule has 1 unspecified atom stereocenters. The molecule has 0 saturated heterocycles. The first-order valence-electron chi connectivity index (χ1n) is 5.05.